The summed E-state index contributed by atoms with van der Waals surface area (Å²) >= 11 is 0. The summed E-state index contributed by atoms with van der Waals surface area (Å²) in [6, 6.07) is 0. The number of hydrogen-bond donors (Lipinski definition) is 0. The SMILES string of the molecule is C=C(C)C(=O)OCCOC(=O)C(F)=C(F)C(F)(F)C(F)(F)C(F)(F)C(F)(F)C(F)(F)C(F)(F)F. The molecule has 198 valence electrons. The van der Waals surface area contributed by atoms with E-state index in [1.54, 1.807) is 0 Å². The van der Waals surface area contributed by atoms with Crippen molar-refractivity contribution in [3.05, 3.63) is 23.8 Å². The quantitative estimate of drug-likeness (QED) is 0.159. The zero-order chi connectivity index (χ0) is 27.7. The van der Waals surface area contributed by atoms with Crippen LogP contribution in [0.25, 0.3) is 0 Å². The van der Waals surface area contributed by atoms with E-state index in [-0.39, 0.29) is 5.57 Å². The minimum Gasteiger partial charge on any atom is -0.459 e. The van der Waals surface area contributed by atoms with Gasteiger partial charge in [-0.2, -0.15) is 61.5 Å². The molecule has 0 amide bonds. The first-order valence-corrected chi connectivity index (χ1v) is 7.83. The largest absolute Gasteiger partial charge is 0.460 e. The lowest BCUT2D eigenvalue weighted by molar-refractivity contribution is -0.437. The molecule has 0 saturated heterocycles. The molecule has 0 aromatic carbocycles. The minimum absolute atomic E-state index is 0.251. The summed E-state index contributed by atoms with van der Waals surface area (Å²) in [6.45, 7) is 1.82. The number of carbonyl (C=O) groups is 2. The Hall–Kier alpha value is -2.63. The third-order valence-electron chi connectivity index (χ3n) is 3.48. The normalized spacial score (nSPS) is 14.9. The number of rotatable bonds is 10. The molecule has 0 saturated carbocycles. The van der Waals surface area contributed by atoms with Crippen LogP contribution in [0.3, 0.4) is 0 Å². The molecule has 0 rings (SSSR count). The second-order valence-electron chi connectivity index (χ2n) is 6.05. The highest BCUT2D eigenvalue weighted by Crippen LogP contribution is 2.61. The summed E-state index contributed by atoms with van der Waals surface area (Å²) in [5.41, 5.74) is -0.251. The highest BCUT2D eigenvalue weighted by molar-refractivity contribution is 5.87. The van der Waals surface area contributed by atoms with Crippen molar-refractivity contribution in [3.8, 4) is 0 Å². The first kappa shape index (κ1) is 31.4. The molecule has 0 aromatic rings. The lowest BCUT2D eigenvalue weighted by Crippen LogP contribution is -2.70. The molecule has 34 heavy (non-hydrogen) atoms. The summed E-state index contributed by atoms with van der Waals surface area (Å²) in [5.74, 6) is -53.1. The standard InChI is InChI=1S/C15H9F15O4/c1-5(2)8(31)33-3-4-34-9(32)6(16)7(17)10(18,19)11(20,21)12(22,23)13(24,25)14(26,27)15(28,29)30/h1,3-4H2,2H3. The summed E-state index contributed by atoms with van der Waals surface area (Å²) in [4.78, 5) is 22.0. The van der Waals surface area contributed by atoms with Crippen LogP contribution >= 0.6 is 0 Å². The van der Waals surface area contributed by atoms with Gasteiger partial charge in [0.15, 0.2) is 0 Å². The Morgan fingerprint density at radius 2 is 1.00 bits per heavy atom. The van der Waals surface area contributed by atoms with Crippen molar-refractivity contribution < 1.29 is 84.9 Å². The van der Waals surface area contributed by atoms with Crippen LogP contribution in [0.5, 0.6) is 0 Å². The van der Waals surface area contributed by atoms with Gasteiger partial charge in [0.25, 0.3) is 0 Å². The van der Waals surface area contributed by atoms with Gasteiger partial charge >= 0.3 is 47.7 Å². The van der Waals surface area contributed by atoms with E-state index in [9.17, 15) is 75.4 Å². The Bertz CT molecular complexity index is 841. The van der Waals surface area contributed by atoms with E-state index < -0.39 is 72.6 Å². The van der Waals surface area contributed by atoms with Gasteiger partial charge in [0.05, 0.1) is 0 Å². The number of carbonyl (C=O) groups excluding carboxylic acids is 2. The van der Waals surface area contributed by atoms with Gasteiger partial charge in [-0.25, -0.2) is 14.0 Å². The molecule has 0 aromatic heterocycles. The Morgan fingerprint density at radius 3 is 1.35 bits per heavy atom. The zero-order valence-corrected chi connectivity index (χ0v) is 15.9. The predicted octanol–water partition coefficient (Wildman–Crippen LogP) is 5.54. The van der Waals surface area contributed by atoms with E-state index >= 15 is 0 Å². The average Bonchev–Trinajstić information content (AvgIpc) is 2.67. The second-order valence-corrected chi connectivity index (χ2v) is 6.05. The molecule has 0 radical (unpaired) electrons. The van der Waals surface area contributed by atoms with Crippen molar-refractivity contribution >= 4 is 11.9 Å². The summed E-state index contributed by atoms with van der Waals surface area (Å²) < 4.78 is 202. The maximum atomic E-state index is 13.5. The fraction of sp³-hybridized carbons (Fsp3) is 0.600. The smallest absolute Gasteiger partial charge is 0.459 e. The number of esters is 2. The summed E-state index contributed by atoms with van der Waals surface area (Å²) in [5, 5.41) is 0. The van der Waals surface area contributed by atoms with Crippen molar-refractivity contribution in [2.75, 3.05) is 13.2 Å². The molecule has 0 spiro atoms. The van der Waals surface area contributed by atoms with Crippen molar-refractivity contribution in [1.29, 1.82) is 0 Å². The van der Waals surface area contributed by atoms with E-state index in [0.717, 1.165) is 6.92 Å². The number of halogens is 15. The molecule has 19 heteroatoms. The van der Waals surface area contributed by atoms with Gasteiger partial charge in [-0.3, -0.25) is 0 Å². The van der Waals surface area contributed by atoms with Crippen LogP contribution in [0.1, 0.15) is 6.92 Å². The van der Waals surface area contributed by atoms with E-state index in [1.807, 2.05) is 0 Å². The van der Waals surface area contributed by atoms with E-state index in [2.05, 4.69) is 16.1 Å². The van der Waals surface area contributed by atoms with Crippen LogP contribution in [-0.2, 0) is 19.1 Å². The maximum Gasteiger partial charge on any atom is 0.460 e. The zero-order valence-electron chi connectivity index (χ0n) is 15.9. The third-order valence-corrected chi connectivity index (χ3v) is 3.48. The van der Waals surface area contributed by atoms with Crippen LogP contribution in [0.4, 0.5) is 65.9 Å². The average molecular weight is 538 g/mol. The molecule has 0 fully saturated rings. The Morgan fingerprint density at radius 1 is 0.647 bits per heavy atom. The second kappa shape index (κ2) is 9.55. The third kappa shape index (κ3) is 5.21. The number of allylic oxidation sites excluding steroid dienone is 1. The van der Waals surface area contributed by atoms with Gasteiger partial charge in [-0.05, 0) is 6.92 Å². The molecule has 0 heterocycles. The molecule has 0 bridgehead atoms. The molecular weight excluding hydrogens is 529 g/mol. The summed E-state index contributed by atoms with van der Waals surface area (Å²) in [7, 11) is 0. The van der Waals surface area contributed by atoms with Gasteiger partial charge < -0.3 is 9.47 Å². The lowest BCUT2D eigenvalue weighted by atomic mass is 9.93. The van der Waals surface area contributed by atoms with Crippen molar-refractivity contribution in [2.24, 2.45) is 0 Å². The van der Waals surface area contributed by atoms with Gasteiger partial charge in [0.1, 0.15) is 13.2 Å². The topological polar surface area (TPSA) is 52.6 Å². The molecule has 0 N–H and O–H groups in total. The van der Waals surface area contributed by atoms with Crippen LogP contribution in [0, 0.1) is 0 Å². The number of alkyl halides is 13. The highest BCUT2D eigenvalue weighted by Gasteiger charge is 2.91. The van der Waals surface area contributed by atoms with Gasteiger partial charge in [0.2, 0.25) is 11.7 Å². The van der Waals surface area contributed by atoms with Crippen LogP contribution < -0.4 is 0 Å². The Kier molecular flexibility index (Phi) is 8.81. The maximum absolute atomic E-state index is 13.5. The van der Waals surface area contributed by atoms with E-state index in [0.29, 0.717) is 0 Å². The first-order valence-electron chi connectivity index (χ1n) is 7.83. The molecule has 0 aliphatic heterocycles. The highest BCUT2D eigenvalue weighted by atomic mass is 19.4. The van der Waals surface area contributed by atoms with Crippen molar-refractivity contribution in [2.45, 2.75) is 42.7 Å². The molecule has 0 atom stereocenters. The van der Waals surface area contributed by atoms with Gasteiger partial charge in [0, 0.05) is 5.57 Å². The number of ether oxygens (including phenoxy) is 2. The molecule has 4 nitrogen and oxygen atoms in total. The van der Waals surface area contributed by atoms with Gasteiger partial charge in [-0.1, -0.05) is 6.58 Å². The number of hydrogen-bond acceptors (Lipinski definition) is 4. The molecule has 0 unspecified atom stereocenters. The van der Waals surface area contributed by atoms with Crippen molar-refractivity contribution in [3.63, 3.8) is 0 Å². The first-order chi connectivity index (χ1) is 14.8. The monoisotopic (exact) mass is 538 g/mol. The lowest BCUT2D eigenvalue weighted by Gasteiger charge is -2.39. The Balaban J connectivity index is 6.04. The van der Waals surface area contributed by atoms with E-state index in [1.165, 1.54) is 0 Å². The minimum atomic E-state index is -8.39. The van der Waals surface area contributed by atoms with E-state index in [4.69, 9.17) is 0 Å². The van der Waals surface area contributed by atoms with Crippen LogP contribution in [-0.4, -0.2) is 60.9 Å². The Labute approximate surface area is 178 Å². The predicted molar refractivity (Wildman–Crippen MR) is 76.8 cm³/mol. The molecule has 0 aliphatic rings. The fourth-order valence-corrected chi connectivity index (χ4v) is 1.59. The molecule has 0 aliphatic carbocycles. The summed E-state index contributed by atoms with van der Waals surface area (Å²) in [6.07, 6.45) is -7.69. The van der Waals surface area contributed by atoms with Gasteiger partial charge in [-0.15, -0.1) is 0 Å². The molecular formula is C15H9F15O4. The van der Waals surface area contributed by atoms with Crippen LogP contribution in [0.15, 0.2) is 23.8 Å². The fourth-order valence-electron chi connectivity index (χ4n) is 1.59. The van der Waals surface area contributed by atoms with Crippen molar-refractivity contribution in [1.82, 2.24) is 0 Å². The van der Waals surface area contributed by atoms with Crippen LogP contribution in [0.2, 0.25) is 0 Å².